The first-order valence-corrected chi connectivity index (χ1v) is 7.59. The average molecular weight is 260 g/mol. The number of hydrogen-bond donors (Lipinski definition) is 0. The highest BCUT2D eigenvalue weighted by Crippen LogP contribution is 2.33. The molecule has 5 rings (SSSR count). The van der Waals surface area contributed by atoms with Crippen LogP contribution in [0.15, 0.2) is 42.0 Å². The van der Waals surface area contributed by atoms with Crippen molar-refractivity contribution in [3.05, 3.63) is 72.6 Å². The first-order valence-electron chi connectivity index (χ1n) is 6.77. The number of rotatable bonds is 0. The lowest BCUT2D eigenvalue weighted by Crippen LogP contribution is -2.02. The molecular weight excluding hydrogens is 248 g/mol. The van der Waals surface area contributed by atoms with Crippen LogP contribution in [0, 0.1) is 9.75 Å². The van der Waals surface area contributed by atoms with E-state index in [2.05, 4.69) is 48.6 Å². The van der Waals surface area contributed by atoms with Crippen molar-refractivity contribution in [3.63, 3.8) is 0 Å². The fraction of sp³-hybridized carbons (Fsp3) is 0.111. The molecule has 0 saturated carbocycles. The molecular formula is C18H12S. The second-order valence-corrected chi connectivity index (χ2v) is 6.36. The van der Waals surface area contributed by atoms with Crippen molar-refractivity contribution in [1.82, 2.24) is 0 Å². The van der Waals surface area contributed by atoms with Crippen LogP contribution in [-0.4, -0.2) is 0 Å². The molecule has 0 radical (unpaired) electrons. The Hall–Kier alpha value is -1.86. The van der Waals surface area contributed by atoms with E-state index in [9.17, 15) is 0 Å². The third-order valence-electron chi connectivity index (χ3n) is 4.26. The van der Waals surface area contributed by atoms with E-state index in [4.69, 9.17) is 0 Å². The van der Waals surface area contributed by atoms with Crippen LogP contribution in [0.3, 0.4) is 0 Å². The Morgan fingerprint density at radius 3 is 2.84 bits per heavy atom. The molecule has 1 aromatic heterocycles. The second-order valence-electron chi connectivity index (χ2n) is 5.34. The molecule has 0 saturated heterocycles. The fourth-order valence-corrected chi connectivity index (χ4v) is 4.72. The summed E-state index contributed by atoms with van der Waals surface area (Å²) in [6.07, 6.45) is 11.8. The molecule has 0 N–H and O–H groups in total. The maximum absolute atomic E-state index is 2.42. The van der Waals surface area contributed by atoms with Crippen molar-refractivity contribution in [2.45, 2.75) is 12.8 Å². The molecule has 19 heavy (non-hydrogen) atoms. The smallest absolute Gasteiger partial charge is 0.0434 e. The summed E-state index contributed by atoms with van der Waals surface area (Å²) in [5.74, 6) is 0. The number of fused-ring (bicyclic) bond motifs is 5. The van der Waals surface area contributed by atoms with Gasteiger partial charge in [-0.05, 0) is 46.6 Å². The summed E-state index contributed by atoms with van der Waals surface area (Å²) in [7, 11) is 0. The van der Waals surface area contributed by atoms with Gasteiger partial charge in [-0.15, -0.1) is 11.3 Å². The first-order chi connectivity index (χ1) is 9.42. The molecule has 0 unspecified atom stereocenters. The van der Waals surface area contributed by atoms with Gasteiger partial charge in [0.1, 0.15) is 0 Å². The minimum atomic E-state index is 1.19. The monoisotopic (exact) mass is 260 g/mol. The summed E-state index contributed by atoms with van der Waals surface area (Å²) in [6, 6.07) is 8.73. The highest BCUT2D eigenvalue weighted by atomic mass is 32.1. The number of allylic oxidation sites excluding steroid dienone is 3. The second kappa shape index (κ2) is 3.37. The van der Waals surface area contributed by atoms with Gasteiger partial charge >= 0.3 is 0 Å². The molecule has 0 atom stereocenters. The van der Waals surface area contributed by atoms with Crippen LogP contribution >= 0.6 is 11.3 Å². The van der Waals surface area contributed by atoms with Gasteiger partial charge in [0.25, 0.3) is 0 Å². The van der Waals surface area contributed by atoms with Gasteiger partial charge in [0.15, 0.2) is 0 Å². The molecule has 0 aliphatic heterocycles. The Bertz CT molecular complexity index is 997. The van der Waals surface area contributed by atoms with E-state index >= 15 is 0 Å². The Morgan fingerprint density at radius 1 is 0.947 bits per heavy atom. The van der Waals surface area contributed by atoms with Crippen LogP contribution in [0.2, 0.25) is 0 Å². The van der Waals surface area contributed by atoms with Gasteiger partial charge in [-0.3, -0.25) is 0 Å². The molecule has 0 amide bonds. The summed E-state index contributed by atoms with van der Waals surface area (Å²) < 4.78 is 2.95. The van der Waals surface area contributed by atoms with Gasteiger partial charge in [-0.2, -0.15) is 0 Å². The third-order valence-corrected chi connectivity index (χ3v) is 5.55. The Labute approximate surface area is 115 Å². The van der Waals surface area contributed by atoms with Gasteiger partial charge < -0.3 is 0 Å². The largest absolute Gasteiger partial charge is 0.134 e. The summed E-state index contributed by atoms with van der Waals surface area (Å²) in [5.41, 5.74) is 5.93. The van der Waals surface area contributed by atoms with Crippen molar-refractivity contribution in [2.24, 2.45) is 0 Å². The van der Waals surface area contributed by atoms with Gasteiger partial charge in [-0.25, -0.2) is 0 Å². The number of thiophene rings is 1. The number of benzene rings is 1. The maximum atomic E-state index is 2.42. The van der Waals surface area contributed by atoms with E-state index < -0.39 is 0 Å². The predicted octanol–water partition coefficient (Wildman–Crippen LogP) is 3.07. The molecule has 0 spiro atoms. The highest BCUT2D eigenvalue weighted by Gasteiger charge is 2.21. The van der Waals surface area contributed by atoms with Crippen molar-refractivity contribution in [2.75, 3.05) is 0 Å². The molecule has 0 nitrogen and oxygen atoms in total. The van der Waals surface area contributed by atoms with Crippen molar-refractivity contribution in [1.29, 1.82) is 0 Å². The quantitative estimate of drug-likeness (QED) is 0.583. The van der Waals surface area contributed by atoms with E-state index in [1.54, 1.807) is 0 Å². The zero-order valence-electron chi connectivity index (χ0n) is 10.4. The van der Waals surface area contributed by atoms with Crippen LogP contribution in [0.25, 0.3) is 17.7 Å². The van der Waals surface area contributed by atoms with Crippen LogP contribution in [0.1, 0.15) is 24.0 Å². The first kappa shape index (κ1) is 9.99. The Morgan fingerprint density at radius 2 is 1.84 bits per heavy atom. The van der Waals surface area contributed by atoms with Crippen LogP contribution in [0.4, 0.5) is 0 Å². The molecule has 0 bridgehead atoms. The molecule has 0 fully saturated rings. The lowest BCUT2D eigenvalue weighted by Gasteiger charge is -2.07. The van der Waals surface area contributed by atoms with Crippen LogP contribution in [-0.2, 0) is 0 Å². The van der Waals surface area contributed by atoms with Gasteiger partial charge in [-0.1, -0.05) is 36.4 Å². The summed E-state index contributed by atoms with van der Waals surface area (Å²) >= 11 is 1.97. The zero-order valence-corrected chi connectivity index (χ0v) is 11.3. The summed E-state index contributed by atoms with van der Waals surface area (Å²) in [6.45, 7) is 0. The molecule has 3 aliphatic carbocycles. The zero-order chi connectivity index (χ0) is 12.4. The van der Waals surface area contributed by atoms with E-state index in [0.29, 0.717) is 0 Å². The molecule has 1 heterocycles. The molecule has 1 heteroatoms. The predicted molar refractivity (Wildman–Crippen MR) is 81.0 cm³/mol. The number of hydrogen-bond acceptors (Lipinski definition) is 1. The lowest BCUT2D eigenvalue weighted by atomic mass is 9.98. The minimum absolute atomic E-state index is 1.19. The maximum Gasteiger partial charge on any atom is 0.0434 e. The van der Waals surface area contributed by atoms with Crippen LogP contribution < -0.4 is 9.75 Å². The van der Waals surface area contributed by atoms with Gasteiger partial charge in [0, 0.05) is 20.2 Å². The minimum Gasteiger partial charge on any atom is -0.134 e. The van der Waals surface area contributed by atoms with E-state index in [0.717, 1.165) is 0 Å². The van der Waals surface area contributed by atoms with Crippen molar-refractivity contribution < 1.29 is 0 Å². The van der Waals surface area contributed by atoms with E-state index in [-0.39, 0.29) is 0 Å². The van der Waals surface area contributed by atoms with E-state index in [1.165, 1.54) is 54.6 Å². The van der Waals surface area contributed by atoms with E-state index in [1.807, 2.05) is 11.3 Å². The SMILES string of the molecule is C1=CC2=c3sc4c(c3C=C2CC1)C=c1ccccc1=4. The fourth-order valence-electron chi connectivity index (χ4n) is 3.36. The normalized spacial score (nSPS) is 17.5. The molecule has 3 aliphatic rings. The summed E-state index contributed by atoms with van der Waals surface area (Å²) in [4.78, 5) is 0. The molecule has 90 valence electrons. The van der Waals surface area contributed by atoms with Crippen molar-refractivity contribution >= 4 is 29.1 Å². The average Bonchev–Trinajstić information content (AvgIpc) is 3.07. The van der Waals surface area contributed by atoms with Crippen LogP contribution in [0.5, 0.6) is 0 Å². The highest BCUT2D eigenvalue weighted by molar-refractivity contribution is 7.08. The molecule has 1 aromatic carbocycles. The van der Waals surface area contributed by atoms with Gasteiger partial charge in [0.2, 0.25) is 0 Å². The standard InChI is InChI=1S/C18H12S/c1-3-7-13-11(5-1)9-15-16-10-12-6-2-4-8-14(12)18(16)19-17(13)15/h1,3-5,7-10H,2,6H2. The Kier molecular flexibility index (Phi) is 1.77. The third kappa shape index (κ3) is 1.19. The van der Waals surface area contributed by atoms with Gasteiger partial charge in [0.05, 0.1) is 0 Å². The lowest BCUT2D eigenvalue weighted by molar-refractivity contribution is 1.01. The Balaban J connectivity index is 2.00. The summed E-state index contributed by atoms with van der Waals surface area (Å²) in [5, 5.41) is 2.78. The topological polar surface area (TPSA) is 0 Å². The molecule has 2 aromatic rings. The van der Waals surface area contributed by atoms with Crippen molar-refractivity contribution in [3.8, 4) is 0 Å².